The van der Waals surface area contributed by atoms with Gasteiger partial charge in [-0.3, -0.25) is 5.32 Å². The van der Waals surface area contributed by atoms with E-state index < -0.39 is 6.03 Å². The van der Waals surface area contributed by atoms with Crippen molar-refractivity contribution in [2.75, 3.05) is 11.9 Å². The molecular weight excluding hydrogens is 160 g/mol. The molecule has 0 aromatic carbocycles. The van der Waals surface area contributed by atoms with Gasteiger partial charge in [-0.05, 0) is 0 Å². The first-order valence-corrected chi connectivity index (χ1v) is 3.10. The number of nitrogens with one attached hydrogen (secondary N) is 3. The molecule has 0 unspecified atom stereocenters. The number of H-pyrrole nitrogens is 1. The first-order chi connectivity index (χ1) is 5.83. The summed E-state index contributed by atoms with van der Waals surface area (Å²) in [5.41, 5.74) is 0. The Labute approximate surface area is 67.8 Å². The summed E-state index contributed by atoms with van der Waals surface area (Å²) >= 11 is 0. The van der Waals surface area contributed by atoms with Gasteiger partial charge in [-0.15, -0.1) is 0 Å². The number of hydrogen-bond donors (Lipinski definition) is 3. The molecule has 0 aliphatic rings. The van der Waals surface area contributed by atoms with E-state index in [9.17, 15) is 4.79 Å². The minimum absolute atomic E-state index is 0.0417. The van der Waals surface area contributed by atoms with Crippen molar-refractivity contribution in [2.45, 2.75) is 0 Å². The van der Waals surface area contributed by atoms with Crippen LogP contribution < -0.4 is 10.6 Å². The van der Waals surface area contributed by atoms with E-state index in [2.05, 4.69) is 25.8 Å². The molecule has 0 aliphatic heterocycles. The summed E-state index contributed by atoms with van der Waals surface area (Å²) < 4.78 is 0. The Bertz CT molecular complexity index is 285. The topological polar surface area (TPSA) is 106 Å². The van der Waals surface area contributed by atoms with Gasteiger partial charge < -0.3 is 5.32 Å². The van der Waals surface area contributed by atoms with E-state index in [0.717, 1.165) is 0 Å². The van der Waals surface area contributed by atoms with Crippen molar-refractivity contribution in [3.63, 3.8) is 0 Å². The quantitative estimate of drug-likeness (QED) is 0.512. The van der Waals surface area contributed by atoms with Crippen LogP contribution in [0.25, 0.3) is 0 Å². The highest BCUT2D eigenvalue weighted by atomic mass is 16.2. The van der Waals surface area contributed by atoms with E-state index in [4.69, 9.17) is 5.26 Å². The van der Waals surface area contributed by atoms with E-state index in [-0.39, 0.29) is 12.5 Å². The van der Waals surface area contributed by atoms with Crippen LogP contribution in [0.15, 0.2) is 6.33 Å². The van der Waals surface area contributed by atoms with Gasteiger partial charge in [0.05, 0.1) is 6.07 Å². The van der Waals surface area contributed by atoms with Gasteiger partial charge in [0, 0.05) is 0 Å². The summed E-state index contributed by atoms with van der Waals surface area (Å²) in [4.78, 5) is 14.5. The molecule has 3 N–H and O–H groups in total. The van der Waals surface area contributed by atoms with Crippen molar-refractivity contribution in [1.29, 1.82) is 5.26 Å². The number of hydrogen-bond acceptors (Lipinski definition) is 4. The molecule has 2 amide bonds. The van der Waals surface area contributed by atoms with Gasteiger partial charge in [-0.1, -0.05) is 0 Å². The van der Waals surface area contributed by atoms with Crippen LogP contribution in [0.3, 0.4) is 0 Å². The third kappa shape index (κ3) is 2.26. The van der Waals surface area contributed by atoms with Gasteiger partial charge in [0.25, 0.3) is 0 Å². The number of nitrogens with zero attached hydrogens (tertiary/aromatic N) is 3. The van der Waals surface area contributed by atoms with Crippen LogP contribution in [-0.2, 0) is 0 Å². The lowest BCUT2D eigenvalue weighted by molar-refractivity contribution is 0.253. The van der Waals surface area contributed by atoms with E-state index >= 15 is 0 Å². The fourth-order valence-corrected chi connectivity index (χ4v) is 0.537. The van der Waals surface area contributed by atoms with Gasteiger partial charge in [0.15, 0.2) is 0 Å². The number of anilines is 1. The Morgan fingerprint density at radius 3 is 3.25 bits per heavy atom. The van der Waals surface area contributed by atoms with E-state index in [1.54, 1.807) is 6.07 Å². The maximum absolute atomic E-state index is 10.8. The first kappa shape index (κ1) is 8.00. The molecule has 1 aromatic heterocycles. The van der Waals surface area contributed by atoms with Crippen molar-refractivity contribution in [1.82, 2.24) is 20.5 Å². The Morgan fingerprint density at radius 1 is 1.83 bits per heavy atom. The fourth-order valence-electron chi connectivity index (χ4n) is 0.537. The van der Waals surface area contributed by atoms with Gasteiger partial charge >= 0.3 is 6.03 Å². The Hall–Kier alpha value is -2.10. The number of rotatable bonds is 2. The van der Waals surface area contributed by atoms with Crippen LogP contribution in [0.1, 0.15) is 0 Å². The lowest BCUT2D eigenvalue weighted by Crippen LogP contribution is -2.29. The number of urea groups is 1. The van der Waals surface area contributed by atoms with Crippen molar-refractivity contribution in [2.24, 2.45) is 0 Å². The predicted octanol–water partition coefficient (Wildman–Crippen LogP) is -0.550. The first-order valence-electron chi connectivity index (χ1n) is 3.10. The molecule has 0 spiro atoms. The molecule has 0 aliphatic carbocycles. The normalized spacial score (nSPS) is 8.58. The summed E-state index contributed by atoms with van der Waals surface area (Å²) in [6, 6.07) is 1.27. The molecule has 62 valence electrons. The summed E-state index contributed by atoms with van der Waals surface area (Å²) in [5.74, 6) is 0.241. The zero-order chi connectivity index (χ0) is 8.81. The second-order valence-corrected chi connectivity index (χ2v) is 1.80. The molecule has 0 atom stereocenters. The summed E-state index contributed by atoms with van der Waals surface area (Å²) in [6.45, 7) is -0.0417. The standard InChI is InChI=1S/C5H6N6O/c6-1-2-7-5(12)10-4-8-3-9-11-4/h3H,2H2,(H3,7,8,9,10,11,12). The molecule has 7 nitrogen and oxygen atoms in total. The Kier molecular flexibility index (Phi) is 2.62. The van der Waals surface area contributed by atoms with E-state index in [1.807, 2.05) is 0 Å². The van der Waals surface area contributed by atoms with Crippen LogP contribution >= 0.6 is 0 Å². The van der Waals surface area contributed by atoms with Gasteiger partial charge in [-0.25, -0.2) is 9.89 Å². The zero-order valence-corrected chi connectivity index (χ0v) is 6.03. The lowest BCUT2D eigenvalue weighted by atomic mass is 10.7. The van der Waals surface area contributed by atoms with Crippen LogP contribution in [-0.4, -0.2) is 27.8 Å². The molecule has 0 saturated carbocycles. The molecule has 0 saturated heterocycles. The highest BCUT2D eigenvalue weighted by molar-refractivity contribution is 5.87. The van der Waals surface area contributed by atoms with E-state index in [1.165, 1.54) is 6.33 Å². The summed E-state index contributed by atoms with van der Waals surface area (Å²) in [5, 5.41) is 18.7. The molecule has 0 fully saturated rings. The minimum atomic E-state index is -0.492. The number of carbonyl (C=O) groups is 1. The highest BCUT2D eigenvalue weighted by Crippen LogP contribution is 1.90. The van der Waals surface area contributed by atoms with Crippen LogP contribution in [0, 0.1) is 11.3 Å². The van der Waals surface area contributed by atoms with Crippen molar-refractivity contribution in [3.8, 4) is 6.07 Å². The Balaban J connectivity index is 2.33. The zero-order valence-electron chi connectivity index (χ0n) is 6.03. The van der Waals surface area contributed by atoms with Crippen molar-refractivity contribution in [3.05, 3.63) is 6.33 Å². The van der Waals surface area contributed by atoms with Crippen molar-refractivity contribution >= 4 is 12.0 Å². The molecule has 1 heterocycles. The average molecular weight is 166 g/mol. The van der Waals surface area contributed by atoms with Gasteiger partial charge in [0.2, 0.25) is 5.95 Å². The van der Waals surface area contributed by atoms with Crippen LogP contribution in [0.2, 0.25) is 0 Å². The second kappa shape index (κ2) is 3.92. The number of aromatic amines is 1. The second-order valence-electron chi connectivity index (χ2n) is 1.80. The number of aromatic nitrogens is 3. The Morgan fingerprint density at radius 2 is 2.67 bits per heavy atom. The molecule has 12 heavy (non-hydrogen) atoms. The maximum atomic E-state index is 10.8. The largest absolute Gasteiger partial charge is 0.325 e. The molecule has 0 bridgehead atoms. The predicted molar refractivity (Wildman–Crippen MR) is 39.0 cm³/mol. The number of nitriles is 1. The summed E-state index contributed by atoms with van der Waals surface area (Å²) in [6.07, 6.45) is 1.26. The van der Waals surface area contributed by atoms with Crippen LogP contribution in [0.5, 0.6) is 0 Å². The minimum Gasteiger partial charge on any atom is -0.325 e. The SMILES string of the molecule is N#CCNC(=O)Nc1ncn[nH]1. The number of amides is 2. The fraction of sp³-hybridized carbons (Fsp3) is 0.200. The average Bonchev–Trinajstić information content (AvgIpc) is 2.53. The van der Waals surface area contributed by atoms with E-state index in [0.29, 0.717) is 0 Å². The number of carbonyl (C=O) groups excluding carboxylic acids is 1. The van der Waals surface area contributed by atoms with Gasteiger partial charge in [0.1, 0.15) is 12.9 Å². The molecule has 1 rings (SSSR count). The van der Waals surface area contributed by atoms with Gasteiger partial charge in [-0.2, -0.15) is 15.3 Å². The third-order valence-corrected chi connectivity index (χ3v) is 0.975. The summed E-state index contributed by atoms with van der Waals surface area (Å²) in [7, 11) is 0. The van der Waals surface area contributed by atoms with Crippen molar-refractivity contribution < 1.29 is 4.79 Å². The third-order valence-electron chi connectivity index (χ3n) is 0.975. The maximum Gasteiger partial charge on any atom is 0.322 e. The molecule has 7 heteroatoms. The molecular formula is C5H6N6O. The molecule has 1 aromatic rings. The highest BCUT2D eigenvalue weighted by Gasteiger charge is 2.00. The monoisotopic (exact) mass is 166 g/mol. The van der Waals surface area contributed by atoms with Crippen LogP contribution in [0.4, 0.5) is 10.7 Å². The molecule has 0 radical (unpaired) electrons. The smallest absolute Gasteiger partial charge is 0.322 e. The lowest BCUT2D eigenvalue weighted by Gasteiger charge is -1.98.